The second-order valence-corrected chi connectivity index (χ2v) is 5.82. The number of nitrogens with one attached hydrogen (secondary N) is 1. The van der Waals surface area contributed by atoms with E-state index >= 15 is 0 Å². The molecular formula is C15H23NO. The van der Waals surface area contributed by atoms with E-state index in [0.29, 0.717) is 12.0 Å². The quantitative estimate of drug-likeness (QED) is 0.837. The molecule has 1 fully saturated rings. The zero-order valence-electron chi connectivity index (χ0n) is 11.0. The minimum atomic E-state index is 0.191. The van der Waals surface area contributed by atoms with Gasteiger partial charge in [-0.1, -0.05) is 44.2 Å². The van der Waals surface area contributed by atoms with Gasteiger partial charge in [0.25, 0.3) is 0 Å². The van der Waals surface area contributed by atoms with Gasteiger partial charge in [-0.25, -0.2) is 0 Å². The zero-order chi connectivity index (χ0) is 12.5. The highest BCUT2D eigenvalue weighted by Gasteiger charge is 2.48. The van der Waals surface area contributed by atoms with Crippen molar-refractivity contribution in [3.05, 3.63) is 35.9 Å². The number of hydrogen-bond acceptors (Lipinski definition) is 2. The van der Waals surface area contributed by atoms with Gasteiger partial charge in [0, 0.05) is 12.1 Å². The molecule has 0 heterocycles. The molecule has 17 heavy (non-hydrogen) atoms. The number of hydrogen-bond donors (Lipinski definition) is 2. The minimum Gasteiger partial charge on any atom is -0.395 e. The lowest BCUT2D eigenvalue weighted by molar-refractivity contribution is 0.0544. The van der Waals surface area contributed by atoms with E-state index in [1.165, 1.54) is 12.0 Å². The summed E-state index contributed by atoms with van der Waals surface area (Å²) in [6.07, 6.45) is 1.17. The molecule has 1 aliphatic rings. The van der Waals surface area contributed by atoms with Gasteiger partial charge < -0.3 is 10.4 Å². The fourth-order valence-corrected chi connectivity index (χ4v) is 2.86. The van der Waals surface area contributed by atoms with Crippen molar-refractivity contribution in [3.63, 3.8) is 0 Å². The molecule has 0 aliphatic heterocycles. The van der Waals surface area contributed by atoms with E-state index in [0.717, 1.165) is 0 Å². The molecule has 0 amide bonds. The lowest BCUT2D eigenvalue weighted by Crippen LogP contribution is -2.58. The minimum absolute atomic E-state index is 0.191. The number of aliphatic hydroxyl groups is 1. The van der Waals surface area contributed by atoms with Crippen LogP contribution in [0.25, 0.3) is 0 Å². The van der Waals surface area contributed by atoms with Gasteiger partial charge in [-0.15, -0.1) is 0 Å². The van der Waals surface area contributed by atoms with Gasteiger partial charge in [0.2, 0.25) is 0 Å². The van der Waals surface area contributed by atoms with E-state index in [1.54, 1.807) is 0 Å². The molecule has 2 heteroatoms. The molecule has 0 radical (unpaired) electrons. The highest BCUT2D eigenvalue weighted by Crippen LogP contribution is 2.52. The third-order valence-electron chi connectivity index (χ3n) is 4.23. The summed E-state index contributed by atoms with van der Waals surface area (Å²) in [5.74, 6) is 0.632. The highest BCUT2D eigenvalue weighted by atomic mass is 16.3. The first-order chi connectivity index (χ1) is 8.05. The summed E-state index contributed by atoms with van der Waals surface area (Å²) in [7, 11) is 0. The van der Waals surface area contributed by atoms with Crippen LogP contribution >= 0.6 is 0 Å². The van der Waals surface area contributed by atoms with Crippen molar-refractivity contribution in [3.8, 4) is 0 Å². The van der Waals surface area contributed by atoms with E-state index in [-0.39, 0.29) is 18.1 Å². The largest absolute Gasteiger partial charge is 0.395 e. The van der Waals surface area contributed by atoms with E-state index < -0.39 is 0 Å². The Morgan fingerprint density at radius 2 is 2.00 bits per heavy atom. The van der Waals surface area contributed by atoms with Crippen molar-refractivity contribution in [1.29, 1.82) is 0 Å². The SMILES string of the molecule is C[C@H](CO)N[C@@H]1C[C@@H](c2ccccc2)C1(C)C. The third kappa shape index (κ3) is 2.38. The predicted octanol–water partition coefficient (Wildman–Crippen LogP) is 2.54. The average molecular weight is 233 g/mol. The number of aliphatic hydroxyl groups excluding tert-OH is 1. The Kier molecular flexibility index (Phi) is 3.55. The van der Waals surface area contributed by atoms with Crippen LogP contribution in [0.1, 0.15) is 38.7 Å². The maximum Gasteiger partial charge on any atom is 0.0582 e. The Morgan fingerprint density at radius 1 is 1.35 bits per heavy atom. The van der Waals surface area contributed by atoms with Crippen molar-refractivity contribution in [2.24, 2.45) is 5.41 Å². The Hall–Kier alpha value is -0.860. The van der Waals surface area contributed by atoms with Crippen LogP contribution in [-0.2, 0) is 0 Å². The third-order valence-corrected chi connectivity index (χ3v) is 4.23. The summed E-state index contributed by atoms with van der Waals surface area (Å²) in [6.45, 7) is 6.88. The normalized spacial score (nSPS) is 28.5. The van der Waals surface area contributed by atoms with Crippen LogP contribution in [0.4, 0.5) is 0 Å². The maximum absolute atomic E-state index is 9.09. The van der Waals surface area contributed by atoms with Crippen LogP contribution in [-0.4, -0.2) is 23.8 Å². The summed E-state index contributed by atoms with van der Waals surface area (Å²) < 4.78 is 0. The lowest BCUT2D eigenvalue weighted by Gasteiger charge is -2.53. The molecule has 1 aromatic rings. The van der Waals surface area contributed by atoms with Gasteiger partial charge in [0.15, 0.2) is 0 Å². The van der Waals surface area contributed by atoms with Gasteiger partial charge in [0.1, 0.15) is 0 Å². The van der Waals surface area contributed by atoms with E-state index in [2.05, 4.69) is 49.5 Å². The average Bonchev–Trinajstić information content (AvgIpc) is 2.34. The van der Waals surface area contributed by atoms with Crippen molar-refractivity contribution < 1.29 is 5.11 Å². The molecule has 0 aromatic heterocycles. The summed E-state index contributed by atoms with van der Waals surface area (Å²) in [6, 6.07) is 11.4. The Morgan fingerprint density at radius 3 is 2.53 bits per heavy atom. The van der Waals surface area contributed by atoms with Crippen LogP contribution in [0.15, 0.2) is 30.3 Å². The van der Waals surface area contributed by atoms with Crippen molar-refractivity contribution in [2.45, 2.75) is 45.2 Å². The Bertz CT molecular complexity index is 360. The van der Waals surface area contributed by atoms with Crippen LogP contribution in [0.2, 0.25) is 0 Å². The summed E-state index contributed by atoms with van der Waals surface area (Å²) in [5.41, 5.74) is 1.71. The molecule has 1 aliphatic carbocycles. The standard InChI is InChI=1S/C15H23NO/c1-11(10-17)16-14-9-13(15(14,2)3)12-7-5-4-6-8-12/h4-8,11,13-14,16-17H,9-10H2,1-3H3/t11-,13+,14-/m1/s1. The molecule has 3 atom stereocenters. The molecule has 2 nitrogen and oxygen atoms in total. The topological polar surface area (TPSA) is 32.3 Å². The van der Waals surface area contributed by atoms with Crippen LogP contribution in [0, 0.1) is 5.41 Å². The van der Waals surface area contributed by atoms with E-state index in [1.807, 2.05) is 6.92 Å². The molecule has 2 rings (SSSR count). The van der Waals surface area contributed by atoms with Gasteiger partial charge in [0.05, 0.1) is 6.61 Å². The second kappa shape index (κ2) is 4.79. The van der Waals surface area contributed by atoms with Crippen LogP contribution in [0.3, 0.4) is 0 Å². The number of rotatable bonds is 4. The fraction of sp³-hybridized carbons (Fsp3) is 0.600. The van der Waals surface area contributed by atoms with Crippen LogP contribution < -0.4 is 5.32 Å². The first kappa shape index (κ1) is 12.6. The second-order valence-electron chi connectivity index (χ2n) is 5.82. The lowest BCUT2D eigenvalue weighted by atomic mass is 9.56. The van der Waals surface area contributed by atoms with Crippen molar-refractivity contribution >= 4 is 0 Å². The van der Waals surface area contributed by atoms with E-state index in [9.17, 15) is 0 Å². The molecule has 0 saturated heterocycles. The molecule has 1 aromatic carbocycles. The van der Waals surface area contributed by atoms with Gasteiger partial charge >= 0.3 is 0 Å². The van der Waals surface area contributed by atoms with Crippen LogP contribution in [0.5, 0.6) is 0 Å². The maximum atomic E-state index is 9.09. The summed E-state index contributed by atoms with van der Waals surface area (Å²) >= 11 is 0. The molecule has 0 unspecified atom stereocenters. The first-order valence-corrected chi connectivity index (χ1v) is 6.47. The molecule has 0 spiro atoms. The predicted molar refractivity (Wildman–Crippen MR) is 71.1 cm³/mol. The van der Waals surface area contributed by atoms with E-state index in [4.69, 9.17) is 5.11 Å². The fourth-order valence-electron chi connectivity index (χ4n) is 2.86. The van der Waals surface area contributed by atoms with Gasteiger partial charge in [-0.3, -0.25) is 0 Å². The Balaban J connectivity index is 2.02. The van der Waals surface area contributed by atoms with Crippen molar-refractivity contribution in [1.82, 2.24) is 5.32 Å². The smallest absolute Gasteiger partial charge is 0.0582 e. The number of benzene rings is 1. The molecular weight excluding hydrogens is 210 g/mol. The van der Waals surface area contributed by atoms with Crippen molar-refractivity contribution in [2.75, 3.05) is 6.61 Å². The summed E-state index contributed by atoms with van der Waals surface area (Å²) in [4.78, 5) is 0. The Labute approximate surface area is 104 Å². The van der Waals surface area contributed by atoms with Gasteiger partial charge in [-0.05, 0) is 30.2 Å². The molecule has 94 valence electrons. The summed E-state index contributed by atoms with van der Waals surface area (Å²) in [5, 5.41) is 12.6. The molecule has 1 saturated carbocycles. The first-order valence-electron chi connectivity index (χ1n) is 6.47. The van der Waals surface area contributed by atoms with Gasteiger partial charge in [-0.2, -0.15) is 0 Å². The zero-order valence-corrected chi connectivity index (χ0v) is 11.0. The molecule has 2 N–H and O–H groups in total. The molecule has 0 bridgehead atoms. The monoisotopic (exact) mass is 233 g/mol. The highest BCUT2D eigenvalue weighted by molar-refractivity contribution is 5.27.